The van der Waals surface area contributed by atoms with Gasteiger partial charge in [-0.1, -0.05) is 35.4 Å². The van der Waals surface area contributed by atoms with E-state index in [0.29, 0.717) is 11.7 Å². The normalized spacial score (nSPS) is 13.7. The van der Waals surface area contributed by atoms with Gasteiger partial charge in [-0.05, 0) is 6.42 Å². The van der Waals surface area contributed by atoms with E-state index in [-0.39, 0.29) is 6.67 Å². The molecule has 0 aliphatic heterocycles. The highest BCUT2D eigenvalue weighted by molar-refractivity contribution is 8.76. The van der Waals surface area contributed by atoms with E-state index < -0.39 is 0 Å². The maximum absolute atomic E-state index is 11.6. The third kappa shape index (κ3) is 6.52. The molecule has 0 bridgehead atoms. The molecule has 9 heavy (non-hydrogen) atoms. The predicted molar refractivity (Wildman–Crippen MR) is 45.8 cm³/mol. The van der Waals surface area contributed by atoms with E-state index in [4.69, 9.17) is 0 Å². The lowest BCUT2D eigenvalue weighted by Gasteiger charge is -2.04. The molecule has 0 saturated heterocycles. The van der Waals surface area contributed by atoms with Gasteiger partial charge < -0.3 is 0 Å². The topological polar surface area (TPSA) is 0 Å². The van der Waals surface area contributed by atoms with Gasteiger partial charge in [0, 0.05) is 11.0 Å². The summed E-state index contributed by atoms with van der Waals surface area (Å²) >= 11 is 0. The van der Waals surface area contributed by atoms with Crippen molar-refractivity contribution in [1.29, 1.82) is 0 Å². The van der Waals surface area contributed by atoms with Crippen molar-refractivity contribution in [2.75, 3.05) is 12.4 Å². The molecule has 0 fully saturated rings. The van der Waals surface area contributed by atoms with Crippen molar-refractivity contribution in [2.45, 2.75) is 25.5 Å². The zero-order valence-electron chi connectivity index (χ0n) is 5.89. The molecule has 1 atom stereocenters. The molecule has 0 aliphatic rings. The van der Waals surface area contributed by atoms with Gasteiger partial charge in [0.2, 0.25) is 0 Å². The van der Waals surface area contributed by atoms with E-state index in [0.717, 1.165) is 5.75 Å². The summed E-state index contributed by atoms with van der Waals surface area (Å²) in [5.74, 6) is 1.11. The van der Waals surface area contributed by atoms with Gasteiger partial charge >= 0.3 is 0 Å². The fourth-order valence-corrected chi connectivity index (χ4v) is 2.33. The molecule has 0 aromatic heterocycles. The Morgan fingerprint density at radius 3 is 2.67 bits per heavy atom. The van der Waals surface area contributed by atoms with Crippen LogP contribution in [0.1, 0.15) is 20.3 Å². The third-order valence-electron chi connectivity index (χ3n) is 0.866. The number of rotatable bonds is 5. The van der Waals surface area contributed by atoms with Gasteiger partial charge in [0.05, 0.1) is 6.67 Å². The van der Waals surface area contributed by atoms with Crippen LogP contribution in [-0.2, 0) is 0 Å². The largest absolute Gasteiger partial charge is 0.251 e. The van der Waals surface area contributed by atoms with Gasteiger partial charge in [0.15, 0.2) is 0 Å². The average molecular weight is 168 g/mol. The zero-order valence-corrected chi connectivity index (χ0v) is 7.53. The summed E-state index contributed by atoms with van der Waals surface area (Å²) in [6, 6.07) is 0. The maximum Gasteiger partial charge on any atom is 0.0905 e. The molecule has 0 aromatic carbocycles. The highest BCUT2D eigenvalue weighted by Gasteiger charge is 2.00. The van der Waals surface area contributed by atoms with E-state index in [1.165, 1.54) is 0 Å². The maximum atomic E-state index is 11.6. The number of halogens is 1. The molecule has 0 amide bonds. The van der Waals surface area contributed by atoms with E-state index in [1.54, 1.807) is 21.6 Å². The first kappa shape index (κ1) is 9.63. The van der Waals surface area contributed by atoms with E-state index in [2.05, 4.69) is 13.8 Å². The predicted octanol–water partition coefficient (Wildman–Crippen LogP) is 3.14. The third-order valence-corrected chi connectivity index (χ3v) is 3.90. The Hall–Kier alpha value is 0.630. The van der Waals surface area contributed by atoms with Crippen LogP contribution in [-0.4, -0.2) is 17.7 Å². The quantitative estimate of drug-likeness (QED) is 0.578. The van der Waals surface area contributed by atoms with Gasteiger partial charge in [-0.2, -0.15) is 0 Å². The van der Waals surface area contributed by atoms with E-state index in [9.17, 15) is 4.39 Å². The first-order valence-corrected chi connectivity index (χ1v) is 5.53. The fraction of sp³-hybridized carbons (Fsp3) is 1.00. The molecular weight excluding hydrogens is 155 g/mol. The number of hydrogen-bond donors (Lipinski definition) is 0. The fourth-order valence-electron chi connectivity index (χ4n) is 0.386. The minimum absolute atomic E-state index is 0.182. The van der Waals surface area contributed by atoms with Crippen LogP contribution in [0, 0.1) is 0 Å². The molecule has 0 rings (SSSR count). The monoisotopic (exact) mass is 168 g/mol. The summed E-state index contributed by atoms with van der Waals surface area (Å²) < 4.78 is 11.6. The van der Waals surface area contributed by atoms with Crippen molar-refractivity contribution in [3.05, 3.63) is 0 Å². The van der Waals surface area contributed by atoms with Crippen molar-refractivity contribution in [1.82, 2.24) is 0 Å². The summed E-state index contributed by atoms with van der Waals surface area (Å²) in [6.45, 7) is 3.99. The summed E-state index contributed by atoms with van der Waals surface area (Å²) in [4.78, 5) is 0. The Labute approximate surface area is 64.4 Å². The van der Waals surface area contributed by atoms with Crippen LogP contribution in [0.5, 0.6) is 0 Å². The molecule has 0 saturated carbocycles. The van der Waals surface area contributed by atoms with Crippen LogP contribution < -0.4 is 0 Å². The first-order chi connectivity index (χ1) is 4.31. The Bertz CT molecular complexity index is 59.0. The van der Waals surface area contributed by atoms with Crippen LogP contribution in [0.3, 0.4) is 0 Å². The van der Waals surface area contributed by atoms with Crippen molar-refractivity contribution in [3.8, 4) is 0 Å². The molecule has 0 nitrogen and oxygen atoms in total. The molecule has 0 heterocycles. The summed E-state index contributed by atoms with van der Waals surface area (Å²) in [7, 11) is 3.58. The zero-order chi connectivity index (χ0) is 7.11. The smallest absolute Gasteiger partial charge is 0.0905 e. The van der Waals surface area contributed by atoms with Crippen molar-refractivity contribution < 1.29 is 4.39 Å². The van der Waals surface area contributed by atoms with Crippen LogP contribution in [0.4, 0.5) is 4.39 Å². The standard InChI is InChI=1S/C6H13FS2/c1-3-8-9-6(2)4-5-7/h6H,3-5H2,1-2H3. The van der Waals surface area contributed by atoms with Gasteiger partial charge in [0.25, 0.3) is 0 Å². The Morgan fingerprint density at radius 1 is 1.56 bits per heavy atom. The lowest BCUT2D eigenvalue weighted by Crippen LogP contribution is -1.94. The Kier molecular flexibility index (Phi) is 7.22. The van der Waals surface area contributed by atoms with Crippen LogP contribution in [0.2, 0.25) is 0 Å². The Morgan fingerprint density at radius 2 is 2.22 bits per heavy atom. The van der Waals surface area contributed by atoms with Crippen molar-refractivity contribution in [2.24, 2.45) is 0 Å². The highest BCUT2D eigenvalue weighted by atomic mass is 33.1. The van der Waals surface area contributed by atoms with Gasteiger partial charge in [-0.15, -0.1) is 0 Å². The van der Waals surface area contributed by atoms with Gasteiger partial charge in [0.1, 0.15) is 0 Å². The van der Waals surface area contributed by atoms with Crippen molar-refractivity contribution >= 4 is 21.6 Å². The average Bonchev–Trinajstić information content (AvgIpc) is 1.85. The molecule has 3 heteroatoms. The summed E-state index contributed by atoms with van der Waals surface area (Å²) in [5, 5.41) is 0.472. The van der Waals surface area contributed by atoms with Crippen LogP contribution >= 0.6 is 21.6 Å². The highest BCUT2D eigenvalue weighted by Crippen LogP contribution is 2.27. The van der Waals surface area contributed by atoms with E-state index >= 15 is 0 Å². The van der Waals surface area contributed by atoms with Crippen LogP contribution in [0.15, 0.2) is 0 Å². The second-order valence-corrected chi connectivity index (χ2v) is 4.89. The Balaban J connectivity index is 2.95. The van der Waals surface area contributed by atoms with Gasteiger partial charge in [-0.25, -0.2) is 0 Å². The minimum atomic E-state index is -0.182. The molecule has 0 aromatic rings. The number of alkyl halides is 1. The molecule has 0 aliphatic carbocycles. The molecule has 1 unspecified atom stereocenters. The summed E-state index contributed by atoms with van der Waals surface area (Å²) in [6.07, 6.45) is 0.692. The molecule has 0 spiro atoms. The minimum Gasteiger partial charge on any atom is -0.251 e. The lowest BCUT2D eigenvalue weighted by atomic mass is 10.4. The molecule has 0 radical (unpaired) electrons. The van der Waals surface area contributed by atoms with Crippen molar-refractivity contribution in [3.63, 3.8) is 0 Å². The summed E-state index contributed by atoms with van der Waals surface area (Å²) in [5.41, 5.74) is 0. The second-order valence-electron chi connectivity index (χ2n) is 1.79. The molecular formula is C6H13FS2. The molecule has 56 valence electrons. The molecule has 0 N–H and O–H groups in total. The van der Waals surface area contributed by atoms with Crippen LogP contribution in [0.25, 0.3) is 0 Å². The number of hydrogen-bond acceptors (Lipinski definition) is 2. The van der Waals surface area contributed by atoms with Gasteiger partial charge in [-0.3, -0.25) is 4.39 Å². The van der Waals surface area contributed by atoms with E-state index in [1.807, 2.05) is 0 Å². The first-order valence-electron chi connectivity index (χ1n) is 3.15. The SMILES string of the molecule is CCSSC(C)CCF. The second kappa shape index (κ2) is 6.75. The lowest BCUT2D eigenvalue weighted by molar-refractivity contribution is 0.473.